The van der Waals surface area contributed by atoms with Crippen molar-refractivity contribution in [2.45, 2.75) is 102 Å². The summed E-state index contributed by atoms with van der Waals surface area (Å²) in [4.78, 5) is 5.44. The van der Waals surface area contributed by atoms with Crippen LogP contribution in [0.15, 0.2) is 0 Å². The minimum Gasteiger partial charge on any atom is -0.379 e. The molecule has 7 heteroatoms. The number of morpholine rings is 1. The highest BCUT2D eigenvalue weighted by Gasteiger charge is 2.42. The Kier molecular flexibility index (Phi) is 7.98. The first-order valence-electron chi connectivity index (χ1n) is 12.0. The van der Waals surface area contributed by atoms with Crippen molar-refractivity contribution in [3.8, 4) is 0 Å². The molecule has 0 aromatic rings. The van der Waals surface area contributed by atoms with E-state index in [0.29, 0.717) is 6.29 Å². The van der Waals surface area contributed by atoms with Crippen LogP contribution in [0, 0.1) is 0 Å². The van der Waals surface area contributed by atoms with Crippen LogP contribution >= 0.6 is 0 Å². The van der Waals surface area contributed by atoms with Crippen LogP contribution in [0.25, 0.3) is 0 Å². The van der Waals surface area contributed by atoms with Gasteiger partial charge in [-0.2, -0.15) is 0 Å². The molecule has 2 saturated carbocycles. The number of nitrogens with one attached hydrogen (secondary N) is 3. The molecule has 2 aliphatic heterocycles. The number of hydrogen-bond acceptors (Lipinski definition) is 6. The van der Waals surface area contributed by atoms with Crippen molar-refractivity contribution in [3.63, 3.8) is 0 Å². The summed E-state index contributed by atoms with van der Waals surface area (Å²) in [5.41, 5.74) is 0. The van der Waals surface area contributed by atoms with Crippen molar-refractivity contribution in [2.75, 3.05) is 32.8 Å². The maximum atomic E-state index is 5.60. The molecule has 0 aromatic heterocycles. The van der Waals surface area contributed by atoms with Crippen LogP contribution in [0.1, 0.15) is 71.1 Å². The molecule has 0 spiro atoms. The predicted molar refractivity (Wildman–Crippen MR) is 111 cm³/mol. The molecular weight excluding hydrogens is 352 g/mol. The molecule has 0 aromatic carbocycles. The second kappa shape index (κ2) is 10.7. The lowest BCUT2D eigenvalue weighted by molar-refractivity contribution is -0.767. The molecular formula is C21H43N6O+. The van der Waals surface area contributed by atoms with E-state index in [1.54, 1.807) is 0 Å². The first-order chi connectivity index (χ1) is 13.8. The van der Waals surface area contributed by atoms with Gasteiger partial charge in [-0.25, -0.2) is 15.5 Å². The molecule has 28 heavy (non-hydrogen) atoms. The molecule has 2 heterocycles. The average Bonchev–Trinajstić information content (AvgIpc) is 2.76. The summed E-state index contributed by atoms with van der Waals surface area (Å²) in [6.07, 6.45) is 14.8. The average molecular weight is 396 g/mol. The molecule has 4 aliphatic rings. The Labute approximate surface area is 171 Å². The molecule has 4 rings (SSSR count). The number of nitrogens with zero attached hydrogens (tertiary/aromatic N) is 2. The van der Waals surface area contributed by atoms with E-state index in [4.69, 9.17) is 4.74 Å². The Balaban J connectivity index is 1.51. The third-order valence-corrected chi connectivity index (χ3v) is 7.19. The van der Waals surface area contributed by atoms with Crippen LogP contribution in [0.2, 0.25) is 0 Å². The molecule has 0 amide bonds. The summed E-state index contributed by atoms with van der Waals surface area (Å²) >= 11 is 0. The number of quaternary nitrogens is 1. The molecule has 2 saturated heterocycles. The van der Waals surface area contributed by atoms with Crippen molar-refractivity contribution in [1.29, 1.82) is 0 Å². The lowest BCUT2D eigenvalue weighted by Crippen LogP contribution is -3.10. The minimum absolute atomic E-state index is 0.220. The summed E-state index contributed by atoms with van der Waals surface area (Å²) in [7, 11) is 0. The van der Waals surface area contributed by atoms with Gasteiger partial charge in [0.05, 0.1) is 13.2 Å². The maximum Gasteiger partial charge on any atom is 0.204 e. The highest BCUT2D eigenvalue weighted by molar-refractivity contribution is 4.87. The normalized spacial score (nSPS) is 34.7. The van der Waals surface area contributed by atoms with Crippen LogP contribution in [-0.2, 0) is 4.74 Å². The zero-order valence-electron chi connectivity index (χ0n) is 17.9. The highest BCUT2D eigenvalue weighted by atomic mass is 16.5. The van der Waals surface area contributed by atoms with E-state index >= 15 is 0 Å². The Morgan fingerprint density at radius 3 is 2.11 bits per heavy atom. The predicted octanol–water partition coefficient (Wildman–Crippen LogP) is 0.503. The molecule has 162 valence electrons. The Bertz CT molecular complexity index is 430. The third-order valence-electron chi connectivity index (χ3n) is 7.19. The maximum absolute atomic E-state index is 5.60. The van der Waals surface area contributed by atoms with E-state index in [1.807, 2.05) is 0 Å². The molecule has 0 radical (unpaired) electrons. The largest absolute Gasteiger partial charge is 0.379 e. The zero-order valence-corrected chi connectivity index (χ0v) is 17.9. The highest BCUT2D eigenvalue weighted by Crippen LogP contribution is 2.30. The summed E-state index contributed by atoms with van der Waals surface area (Å²) in [6, 6.07) is 1.49. The minimum atomic E-state index is 0.220. The second-order valence-electron chi connectivity index (χ2n) is 9.09. The zero-order chi connectivity index (χ0) is 19.2. The van der Waals surface area contributed by atoms with Gasteiger partial charge in [0.15, 0.2) is 0 Å². The van der Waals surface area contributed by atoms with Gasteiger partial charge in [-0.05, 0) is 32.2 Å². The number of rotatable bonds is 6. The van der Waals surface area contributed by atoms with Gasteiger partial charge in [0.2, 0.25) is 12.6 Å². The summed E-state index contributed by atoms with van der Waals surface area (Å²) in [5, 5.41) is 13.9. The molecule has 5 N–H and O–H groups in total. The van der Waals surface area contributed by atoms with Gasteiger partial charge in [0.25, 0.3) is 0 Å². The van der Waals surface area contributed by atoms with Gasteiger partial charge in [-0.15, -0.1) is 0 Å². The van der Waals surface area contributed by atoms with Crippen molar-refractivity contribution < 1.29 is 10.1 Å². The fourth-order valence-corrected chi connectivity index (χ4v) is 5.76. The van der Waals surface area contributed by atoms with Crippen molar-refractivity contribution in [1.82, 2.24) is 25.8 Å². The lowest BCUT2D eigenvalue weighted by atomic mass is 9.88. The van der Waals surface area contributed by atoms with Crippen molar-refractivity contribution >= 4 is 0 Å². The van der Waals surface area contributed by atoms with Gasteiger partial charge in [0.1, 0.15) is 6.29 Å². The molecule has 3 unspecified atom stereocenters. The topological polar surface area (TPSA) is 68.4 Å². The smallest absolute Gasteiger partial charge is 0.204 e. The first kappa shape index (κ1) is 21.0. The Morgan fingerprint density at radius 1 is 0.929 bits per heavy atom. The Morgan fingerprint density at radius 2 is 1.54 bits per heavy atom. The van der Waals surface area contributed by atoms with Crippen LogP contribution in [-0.4, -0.2) is 73.6 Å². The van der Waals surface area contributed by atoms with Crippen LogP contribution in [0.3, 0.4) is 0 Å². The third kappa shape index (κ3) is 5.25. The van der Waals surface area contributed by atoms with Crippen molar-refractivity contribution in [3.05, 3.63) is 0 Å². The number of nitrogens with two attached hydrogens (primary N) is 1. The quantitative estimate of drug-likeness (QED) is 0.525. The molecule has 0 bridgehead atoms. The lowest BCUT2D eigenvalue weighted by Gasteiger charge is -2.50. The van der Waals surface area contributed by atoms with E-state index in [2.05, 4.69) is 38.0 Å². The van der Waals surface area contributed by atoms with E-state index < -0.39 is 0 Å². The molecule has 3 atom stereocenters. The fraction of sp³-hybridized carbons (Fsp3) is 1.00. The Hall–Kier alpha value is -0.280. The van der Waals surface area contributed by atoms with Crippen LogP contribution in [0.4, 0.5) is 0 Å². The van der Waals surface area contributed by atoms with E-state index in [0.717, 1.165) is 44.9 Å². The second-order valence-corrected chi connectivity index (χ2v) is 9.09. The summed E-state index contributed by atoms with van der Waals surface area (Å²) in [6.45, 7) is 6.89. The van der Waals surface area contributed by atoms with Gasteiger partial charge >= 0.3 is 0 Å². The monoisotopic (exact) mass is 395 g/mol. The SMILES string of the molecule is CCNC1NC(N2CCOCC2)NC(N(C2CCCCC2)C2CCCCC2)[NH2+]1. The molecule has 4 fully saturated rings. The molecule has 2 aliphatic carbocycles. The van der Waals surface area contributed by atoms with Gasteiger partial charge in [-0.3, -0.25) is 15.5 Å². The number of hydrogen-bond donors (Lipinski definition) is 4. The van der Waals surface area contributed by atoms with E-state index in [-0.39, 0.29) is 12.6 Å². The van der Waals surface area contributed by atoms with Gasteiger partial charge < -0.3 is 4.74 Å². The van der Waals surface area contributed by atoms with Gasteiger partial charge in [-0.1, -0.05) is 45.4 Å². The number of ether oxygens (including phenoxy) is 1. The fourth-order valence-electron chi connectivity index (χ4n) is 5.76. The van der Waals surface area contributed by atoms with Crippen molar-refractivity contribution in [2.24, 2.45) is 0 Å². The summed E-state index contributed by atoms with van der Waals surface area (Å²) < 4.78 is 5.60. The standard InChI is InChI=1S/C21H42N6O/c1-2-22-19-23-20(26-13-15-28-16-14-26)25-21(24-19)27(17-9-5-3-6-10-17)18-11-7-4-8-12-18/h17-25H,2-16H2,1H3/p+1. The first-order valence-corrected chi connectivity index (χ1v) is 12.0. The summed E-state index contributed by atoms with van der Waals surface area (Å²) in [5.74, 6) is 0. The molecule has 7 nitrogen and oxygen atoms in total. The van der Waals surface area contributed by atoms with E-state index in [1.165, 1.54) is 64.2 Å². The van der Waals surface area contributed by atoms with Crippen LogP contribution in [0.5, 0.6) is 0 Å². The van der Waals surface area contributed by atoms with Crippen LogP contribution < -0.4 is 21.3 Å². The van der Waals surface area contributed by atoms with E-state index in [9.17, 15) is 0 Å². The van der Waals surface area contributed by atoms with Gasteiger partial charge in [0, 0.05) is 25.2 Å².